The molecule has 1 aliphatic rings. The Kier molecular flexibility index (Phi) is 6.16. The summed E-state index contributed by atoms with van der Waals surface area (Å²) in [5.74, 6) is -0.959. The molecule has 0 aliphatic carbocycles. The Morgan fingerprint density at radius 3 is 2.61 bits per heavy atom. The van der Waals surface area contributed by atoms with E-state index in [9.17, 15) is 14.7 Å². The molecule has 0 radical (unpaired) electrons. The zero-order chi connectivity index (χ0) is 16.8. The van der Waals surface area contributed by atoms with Gasteiger partial charge in [-0.3, -0.25) is 9.59 Å². The van der Waals surface area contributed by atoms with E-state index in [1.54, 1.807) is 6.92 Å². The van der Waals surface area contributed by atoms with Gasteiger partial charge in [-0.05, 0) is 38.7 Å². The van der Waals surface area contributed by atoms with Crippen LogP contribution in [0.5, 0.6) is 0 Å². The number of aryl methyl sites for hydroxylation is 1. The second kappa shape index (κ2) is 8.11. The molecule has 5 heteroatoms. The van der Waals surface area contributed by atoms with Crippen LogP contribution in [0.3, 0.4) is 0 Å². The molecule has 1 saturated heterocycles. The number of aliphatic hydroxyl groups is 1. The van der Waals surface area contributed by atoms with E-state index in [0.717, 1.165) is 19.3 Å². The van der Waals surface area contributed by atoms with Gasteiger partial charge in [0, 0.05) is 25.0 Å². The second-order valence-corrected chi connectivity index (χ2v) is 6.44. The third-order valence-corrected chi connectivity index (χ3v) is 4.47. The van der Waals surface area contributed by atoms with Crippen molar-refractivity contribution >= 4 is 11.8 Å². The zero-order valence-corrected chi connectivity index (χ0v) is 13.9. The summed E-state index contributed by atoms with van der Waals surface area (Å²) in [6, 6.07) is 10.0. The van der Waals surface area contributed by atoms with Crippen LogP contribution in [0.1, 0.15) is 32.3 Å². The van der Waals surface area contributed by atoms with Crippen molar-refractivity contribution in [2.45, 2.75) is 45.3 Å². The number of rotatable bonds is 5. The second-order valence-electron chi connectivity index (χ2n) is 6.44. The van der Waals surface area contributed by atoms with E-state index in [-0.39, 0.29) is 12.0 Å². The van der Waals surface area contributed by atoms with Crippen LogP contribution in [0.2, 0.25) is 0 Å². The molecule has 0 aromatic heterocycles. The van der Waals surface area contributed by atoms with E-state index in [4.69, 9.17) is 0 Å². The number of carbonyl (C=O) groups excluding carboxylic acids is 2. The first-order valence-corrected chi connectivity index (χ1v) is 8.29. The molecule has 2 N–H and O–H groups in total. The molecule has 1 heterocycles. The van der Waals surface area contributed by atoms with E-state index in [1.807, 2.05) is 25.1 Å². The molecule has 1 aliphatic heterocycles. The van der Waals surface area contributed by atoms with Gasteiger partial charge in [0.05, 0.1) is 6.10 Å². The van der Waals surface area contributed by atoms with Gasteiger partial charge in [-0.2, -0.15) is 0 Å². The average molecular weight is 318 g/mol. The molecular formula is C18H26N2O3. The van der Waals surface area contributed by atoms with Gasteiger partial charge in [0.1, 0.15) is 0 Å². The van der Waals surface area contributed by atoms with Gasteiger partial charge in [-0.25, -0.2) is 0 Å². The summed E-state index contributed by atoms with van der Waals surface area (Å²) in [4.78, 5) is 25.8. The SMILES string of the molecule is CC(CCc1ccccc1)NC(=O)C(=O)N1CCC(C(C)O)C1. The third-order valence-electron chi connectivity index (χ3n) is 4.47. The molecule has 3 atom stereocenters. The highest BCUT2D eigenvalue weighted by Gasteiger charge is 2.32. The Hall–Kier alpha value is -1.88. The molecule has 1 aromatic rings. The Morgan fingerprint density at radius 1 is 1.30 bits per heavy atom. The molecule has 23 heavy (non-hydrogen) atoms. The van der Waals surface area contributed by atoms with Gasteiger partial charge in [0.2, 0.25) is 0 Å². The minimum Gasteiger partial charge on any atom is -0.393 e. The lowest BCUT2D eigenvalue weighted by molar-refractivity contribution is -0.145. The minimum atomic E-state index is -0.545. The molecule has 0 bridgehead atoms. The summed E-state index contributed by atoms with van der Waals surface area (Å²) in [6.07, 6.45) is 1.96. The predicted molar refractivity (Wildman–Crippen MR) is 88.7 cm³/mol. The largest absolute Gasteiger partial charge is 0.393 e. The Labute approximate surface area is 137 Å². The van der Waals surface area contributed by atoms with Crippen molar-refractivity contribution in [1.82, 2.24) is 10.2 Å². The van der Waals surface area contributed by atoms with Crippen molar-refractivity contribution < 1.29 is 14.7 Å². The number of benzene rings is 1. The maximum absolute atomic E-state index is 12.2. The van der Waals surface area contributed by atoms with Crippen LogP contribution in [0, 0.1) is 5.92 Å². The molecule has 3 unspecified atom stereocenters. The number of hydrogen-bond acceptors (Lipinski definition) is 3. The number of carbonyl (C=O) groups is 2. The lowest BCUT2D eigenvalue weighted by Crippen LogP contribution is -2.45. The zero-order valence-electron chi connectivity index (χ0n) is 13.9. The van der Waals surface area contributed by atoms with Gasteiger partial charge in [-0.15, -0.1) is 0 Å². The summed E-state index contributed by atoms with van der Waals surface area (Å²) in [5, 5.41) is 12.4. The summed E-state index contributed by atoms with van der Waals surface area (Å²) in [6.45, 7) is 4.64. The van der Waals surface area contributed by atoms with Gasteiger partial charge < -0.3 is 15.3 Å². The summed E-state index contributed by atoms with van der Waals surface area (Å²) in [5.41, 5.74) is 1.22. The molecule has 1 fully saturated rings. The number of amides is 2. The molecule has 1 aromatic carbocycles. The summed E-state index contributed by atoms with van der Waals surface area (Å²) in [7, 11) is 0. The normalized spacial score (nSPS) is 20.1. The first-order valence-electron chi connectivity index (χ1n) is 8.29. The van der Waals surface area contributed by atoms with Gasteiger partial charge in [-0.1, -0.05) is 30.3 Å². The number of hydrogen-bond donors (Lipinski definition) is 2. The van der Waals surface area contributed by atoms with Crippen LogP contribution < -0.4 is 5.32 Å². The highest BCUT2D eigenvalue weighted by atomic mass is 16.3. The van der Waals surface area contributed by atoms with Crippen LogP contribution >= 0.6 is 0 Å². The molecule has 0 spiro atoms. The van der Waals surface area contributed by atoms with Crippen LogP contribution in [0.4, 0.5) is 0 Å². The smallest absolute Gasteiger partial charge is 0.311 e. The topological polar surface area (TPSA) is 69.6 Å². The Morgan fingerprint density at radius 2 is 2.00 bits per heavy atom. The van der Waals surface area contributed by atoms with E-state index >= 15 is 0 Å². The quantitative estimate of drug-likeness (QED) is 0.805. The predicted octanol–water partition coefficient (Wildman–Crippen LogP) is 1.35. The monoisotopic (exact) mass is 318 g/mol. The first kappa shape index (κ1) is 17.5. The summed E-state index contributed by atoms with van der Waals surface area (Å²) >= 11 is 0. The summed E-state index contributed by atoms with van der Waals surface area (Å²) < 4.78 is 0. The van der Waals surface area contributed by atoms with Crippen LogP contribution in [0.15, 0.2) is 30.3 Å². The van der Waals surface area contributed by atoms with E-state index < -0.39 is 17.9 Å². The fourth-order valence-corrected chi connectivity index (χ4v) is 2.89. The average Bonchev–Trinajstić information content (AvgIpc) is 3.03. The lowest BCUT2D eigenvalue weighted by Gasteiger charge is -2.19. The first-order chi connectivity index (χ1) is 11.0. The lowest BCUT2D eigenvalue weighted by atomic mass is 10.0. The number of likely N-dealkylation sites (tertiary alicyclic amines) is 1. The fourth-order valence-electron chi connectivity index (χ4n) is 2.89. The van der Waals surface area contributed by atoms with Crippen LogP contribution in [-0.2, 0) is 16.0 Å². The van der Waals surface area contributed by atoms with Crippen molar-refractivity contribution in [3.8, 4) is 0 Å². The highest BCUT2D eigenvalue weighted by molar-refractivity contribution is 6.35. The van der Waals surface area contributed by atoms with Crippen molar-refractivity contribution in [3.05, 3.63) is 35.9 Å². The van der Waals surface area contributed by atoms with Gasteiger partial charge >= 0.3 is 11.8 Å². The van der Waals surface area contributed by atoms with E-state index in [2.05, 4.69) is 17.4 Å². The molecule has 2 amide bonds. The minimum absolute atomic E-state index is 0.0539. The van der Waals surface area contributed by atoms with Crippen molar-refractivity contribution in [3.63, 3.8) is 0 Å². The standard InChI is InChI=1S/C18H26N2O3/c1-13(8-9-15-6-4-3-5-7-15)19-17(22)18(23)20-11-10-16(12-20)14(2)21/h3-7,13-14,16,21H,8-12H2,1-2H3,(H,19,22). The maximum Gasteiger partial charge on any atom is 0.311 e. The maximum atomic E-state index is 12.2. The molecule has 0 saturated carbocycles. The van der Waals surface area contributed by atoms with Crippen molar-refractivity contribution in [1.29, 1.82) is 0 Å². The van der Waals surface area contributed by atoms with Gasteiger partial charge in [0.15, 0.2) is 0 Å². The van der Waals surface area contributed by atoms with Gasteiger partial charge in [0.25, 0.3) is 0 Å². The van der Waals surface area contributed by atoms with Crippen LogP contribution in [0.25, 0.3) is 0 Å². The van der Waals surface area contributed by atoms with E-state index in [1.165, 1.54) is 10.5 Å². The number of nitrogens with one attached hydrogen (secondary N) is 1. The molecule has 126 valence electrons. The fraction of sp³-hybridized carbons (Fsp3) is 0.556. The number of aliphatic hydroxyl groups excluding tert-OH is 1. The Balaban J connectivity index is 1.76. The molecular weight excluding hydrogens is 292 g/mol. The highest BCUT2D eigenvalue weighted by Crippen LogP contribution is 2.19. The van der Waals surface area contributed by atoms with Crippen LogP contribution in [-0.4, -0.2) is 47.1 Å². The van der Waals surface area contributed by atoms with Crippen molar-refractivity contribution in [2.24, 2.45) is 5.92 Å². The molecule has 2 rings (SSSR count). The van der Waals surface area contributed by atoms with E-state index in [0.29, 0.717) is 13.1 Å². The number of nitrogens with zero attached hydrogens (tertiary/aromatic N) is 1. The third kappa shape index (κ3) is 5.06. The molecule has 5 nitrogen and oxygen atoms in total. The Bertz CT molecular complexity index is 530. The van der Waals surface area contributed by atoms with Crippen molar-refractivity contribution in [2.75, 3.05) is 13.1 Å².